The zero-order valence-corrected chi connectivity index (χ0v) is 20.3. The fraction of sp³-hybridized carbons (Fsp3) is 0.440. The Morgan fingerprint density at radius 2 is 1.81 bits per heavy atom. The van der Waals surface area contributed by atoms with Gasteiger partial charge in [-0.05, 0) is 68.5 Å². The molecule has 1 N–H and O–H groups in total. The van der Waals surface area contributed by atoms with Crippen molar-refractivity contribution < 1.29 is 14.3 Å². The zero-order valence-electron chi connectivity index (χ0n) is 18.8. The van der Waals surface area contributed by atoms with Crippen molar-refractivity contribution in [1.29, 1.82) is 0 Å². The van der Waals surface area contributed by atoms with Crippen molar-refractivity contribution in [1.82, 2.24) is 10.2 Å². The molecular weight excluding hydrogens is 447 g/mol. The van der Waals surface area contributed by atoms with E-state index in [-0.39, 0.29) is 31.0 Å². The molecule has 0 spiro atoms. The van der Waals surface area contributed by atoms with E-state index in [1.54, 1.807) is 19.1 Å². The van der Waals surface area contributed by atoms with Gasteiger partial charge in [0.25, 0.3) is 5.91 Å². The van der Waals surface area contributed by atoms with Crippen LogP contribution >= 0.6 is 23.2 Å². The average Bonchev–Trinajstić information content (AvgIpc) is 3.27. The molecule has 0 aromatic heterocycles. The van der Waals surface area contributed by atoms with E-state index in [2.05, 4.69) is 5.32 Å². The molecule has 1 saturated carbocycles. The summed E-state index contributed by atoms with van der Waals surface area (Å²) >= 11 is 12.2. The molecule has 3 rings (SSSR count). The van der Waals surface area contributed by atoms with E-state index >= 15 is 0 Å². The van der Waals surface area contributed by atoms with Crippen LogP contribution in [-0.4, -0.2) is 35.4 Å². The highest BCUT2D eigenvalue weighted by atomic mass is 35.5. The second-order valence-corrected chi connectivity index (χ2v) is 9.31. The van der Waals surface area contributed by atoms with Gasteiger partial charge in [-0.15, -0.1) is 0 Å². The molecule has 1 fully saturated rings. The molecule has 1 atom stereocenters. The second kappa shape index (κ2) is 11.1. The Morgan fingerprint density at radius 3 is 2.50 bits per heavy atom. The molecule has 0 bridgehead atoms. The van der Waals surface area contributed by atoms with Crippen molar-refractivity contribution in [2.24, 2.45) is 0 Å². The minimum Gasteiger partial charge on any atom is -0.483 e. The summed E-state index contributed by atoms with van der Waals surface area (Å²) in [4.78, 5) is 27.7. The molecular formula is C25H30Cl2N2O3. The van der Waals surface area contributed by atoms with Crippen LogP contribution in [0.25, 0.3) is 0 Å². The van der Waals surface area contributed by atoms with Gasteiger partial charge in [-0.25, -0.2) is 0 Å². The van der Waals surface area contributed by atoms with Gasteiger partial charge in [-0.1, -0.05) is 54.2 Å². The Labute approximate surface area is 200 Å². The second-order valence-electron chi connectivity index (χ2n) is 8.49. The first kappa shape index (κ1) is 24.4. The van der Waals surface area contributed by atoms with Crippen LogP contribution in [0.2, 0.25) is 10.0 Å². The van der Waals surface area contributed by atoms with E-state index in [4.69, 9.17) is 27.9 Å². The molecule has 1 aliphatic carbocycles. The fourth-order valence-corrected chi connectivity index (χ4v) is 4.22. The summed E-state index contributed by atoms with van der Waals surface area (Å²) in [6.45, 7) is 5.72. The molecule has 5 nitrogen and oxygen atoms in total. The number of hydrogen-bond donors (Lipinski definition) is 1. The average molecular weight is 477 g/mol. The van der Waals surface area contributed by atoms with Crippen molar-refractivity contribution in [2.75, 3.05) is 6.61 Å². The van der Waals surface area contributed by atoms with Gasteiger partial charge < -0.3 is 15.0 Å². The minimum absolute atomic E-state index is 0.156. The SMILES string of the molecule is Cc1ccc(C)c(OCC(=O)N(Cc2ccc(Cl)c(Cl)c2)[C@@H](C)C(=O)NC2CCCC2)c1. The van der Waals surface area contributed by atoms with E-state index in [9.17, 15) is 9.59 Å². The van der Waals surface area contributed by atoms with Gasteiger partial charge in [0, 0.05) is 12.6 Å². The molecule has 1 aliphatic rings. The third-order valence-corrected chi connectivity index (χ3v) is 6.64. The first-order valence-electron chi connectivity index (χ1n) is 11.0. The molecule has 2 aromatic carbocycles. The Bertz CT molecular complexity index is 974. The van der Waals surface area contributed by atoms with Crippen molar-refractivity contribution in [2.45, 2.75) is 65.1 Å². The van der Waals surface area contributed by atoms with E-state index in [1.165, 1.54) is 4.90 Å². The van der Waals surface area contributed by atoms with Crippen molar-refractivity contribution in [3.05, 3.63) is 63.1 Å². The van der Waals surface area contributed by atoms with Gasteiger partial charge >= 0.3 is 0 Å². The smallest absolute Gasteiger partial charge is 0.261 e. The van der Waals surface area contributed by atoms with E-state index < -0.39 is 6.04 Å². The van der Waals surface area contributed by atoms with Gasteiger partial charge in [0.05, 0.1) is 10.0 Å². The minimum atomic E-state index is -0.653. The maximum Gasteiger partial charge on any atom is 0.261 e. The number of halogens is 2. The van der Waals surface area contributed by atoms with Crippen molar-refractivity contribution >= 4 is 35.0 Å². The summed E-state index contributed by atoms with van der Waals surface area (Å²) in [6, 6.07) is 10.6. The summed E-state index contributed by atoms with van der Waals surface area (Å²) in [6.07, 6.45) is 4.20. The number of benzene rings is 2. The highest BCUT2D eigenvalue weighted by Crippen LogP contribution is 2.24. The van der Waals surface area contributed by atoms with Crippen LogP contribution in [0.15, 0.2) is 36.4 Å². The molecule has 0 unspecified atom stereocenters. The van der Waals surface area contributed by atoms with Crippen LogP contribution in [0.5, 0.6) is 5.75 Å². The molecule has 0 radical (unpaired) electrons. The summed E-state index contributed by atoms with van der Waals surface area (Å²) in [5.41, 5.74) is 2.79. The third kappa shape index (κ3) is 6.39. The number of ether oxygens (including phenoxy) is 1. The van der Waals surface area contributed by atoms with Gasteiger partial charge in [-0.3, -0.25) is 9.59 Å². The van der Waals surface area contributed by atoms with Crippen LogP contribution < -0.4 is 10.1 Å². The third-order valence-electron chi connectivity index (χ3n) is 5.90. The number of nitrogens with one attached hydrogen (secondary N) is 1. The summed E-state index contributed by atoms with van der Waals surface area (Å²) in [5, 5.41) is 3.94. The summed E-state index contributed by atoms with van der Waals surface area (Å²) < 4.78 is 5.83. The predicted octanol–water partition coefficient (Wildman–Crippen LogP) is 5.47. The number of carbonyl (C=O) groups excluding carboxylic acids is 2. The van der Waals surface area contributed by atoms with E-state index in [0.717, 1.165) is 42.4 Å². The maximum atomic E-state index is 13.2. The predicted molar refractivity (Wildman–Crippen MR) is 128 cm³/mol. The monoisotopic (exact) mass is 476 g/mol. The van der Waals surface area contributed by atoms with Crippen molar-refractivity contribution in [3.63, 3.8) is 0 Å². The molecule has 0 heterocycles. The first-order chi connectivity index (χ1) is 15.2. The number of nitrogens with zero attached hydrogens (tertiary/aromatic N) is 1. The Kier molecular flexibility index (Phi) is 8.44. The molecule has 7 heteroatoms. The Morgan fingerprint density at radius 1 is 1.09 bits per heavy atom. The highest BCUT2D eigenvalue weighted by Gasteiger charge is 2.29. The molecule has 2 amide bonds. The Balaban J connectivity index is 1.76. The lowest BCUT2D eigenvalue weighted by Crippen LogP contribution is -2.50. The number of rotatable bonds is 8. The highest BCUT2D eigenvalue weighted by molar-refractivity contribution is 6.42. The quantitative estimate of drug-likeness (QED) is 0.549. The largest absolute Gasteiger partial charge is 0.483 e. The van der Waals surface area contributed by atoms with Crippen LogP contribution in [0.4, 0.5) is 0 Å². The standard InChI is InChI=1S/C25H30Cl2N2O3/c1-16-8-9-17(2)23(12-16)32-15-24(30)29(14-19-10-11-21(26)22(27)13-19)18(3)25(31)28-20-6-4-5-7-20/h8-13,18,20H,4-7,14-15H2,1-3H3,(H,28,31)/t18-/m0/s1. The van der Waals surface area contributed by atoms with Crippen LogP contribution in [0.3, 0.4) is 0 Å². The molecule has 0 aliphatic heterocycles. The van der Waals surface area contributed by atoms with Gasteiger partial charge in [0.1, 0.15) is 11.8 Å². The van der Waals surface area contributed by atoms with Crippen LogP contribution in [0.1, 0.15) is 49.3 Å². The summed E-state index contributed by atoms with van der Waals surface area (Å²) in [7, 11) is 0. The number of carbonyl (C=O) groups is 2. The normalized spacial score (nSPS) is 14.8. The molecule has 32 heavy (non-hydrogen) atoms. The maximum absolute atomic E-state index is 13.2. The molecule has 172 valence electrons. The Hall–Kier alpha value is -2.24. The first-order valence-corrected chi connectivity index (χ1v) is 11.7. The number of amides is 2. The molecule has 2 aromatic rings. The van der Waals surface area contributed by atoms with Gasteiger partial charge in [0.15, 0.2) is 6.61 Å². The van der Waals surface area contributed by atoms with Crippen LogP contribution in [0, 0.1) is 13.8 Å². The summed E-state index contributed by atoms with van der Waals surface area (Å²) in [5.74, 6) is 0.235. The molecule has 0 saturated heterocycles. The lowest BCUT2D eigenvalue weighted by Gasteiger charge is -2.30. The lowest BCUT2D eigenvalue weighted by molar-refractivity contribution is -0.142. The fourth-order valence-electron chi connectivity index (χ4n) is 3.89. The number of aryl methyl sites for hydroxylation is 2. The number of hydrogen-bond acceptors (Lipinski definition) is 3. The van der Waals surface area contributed by atoms with E-state index in [0.29, 0.717) is 15.8 Å². The van der Waals surface area contributed by atoms with E-state index in [1.807, 2.05) is 38.1 Å². The lowest BCUT2D eigenvalue weighted by atomic mass is 10.1. The van der Waals surface area contributed by atoms with Crippen LogP contribution in [-0.2, 0) is 16.1 Å². The van der Waals surface area contributed by atoms with Crippen molar-refractivity contribution in [3.8, 4) is 5.75 Å². The topological polar surface area (TPSA) is 58.6 Å². The van der Waals surface area contributed by atoms with Gasteiger partial charge in [-0.2, -0.15) is 0 Å². The van der Waals surface area contributed by atoms with Gasteiger partial charge in [0.2, 0.25) is 5.91 Å². The zero-order chi connectivity index (χ0) is 23.3.